The molecule has 0 aliphatic rings. The molecule has 0 radical (unpaired) electrons. The fourth-order valence-corrected chi connectivity index (χ4v) is 2.49. The Hall–Kier alpha value is -2.86. The summed E-state index contributed by atoms with van der Waals surface area (Å²) in [6.45, 7) is 1.55. The number of nitriles is 1. The van der Waals surface area contributed by atoms with Crippen LogP contribution in [0.3, 0.4) is 0 Å². The smallest absolute Gasteiger partial charge is 0.323 e. The number of rotatable bonds is 5. The maximum absolute atomic E-state index is 11.8. The van der Waals surface area contributed by atoms with Crippen LogP contribution in [0.25, 0.3) is 0 Å². The van der Waals surface area contributed by atoms with Gasteiger partial charge in [0, 0.05) is 5.69 Å². The van der Waals surface area contributed by atoms with Crippen molar-refractivity contribution in [2.75, 3.05) is 11.1 Å². The molecule has 0 bridgehead atoms. The highest BCUT2D eigenvalue weighted by atomic mass is 32.2. The number of aryl methyl sites for hydroxylation is 1. The first-order chi connectivity index (χ1) is 10.5. The molecule has 8 nitrogen and oxygen atoms in total. The number of carbonyl (C=O) groups is 1. The summed E-state index contributed by atoms with van der Waals surface area (Å²) < 4.78 is 0. The van der Waals surface area contributed by atoms with Gasteiger partial charge in [0.25, 0.3) is 0 Å². The normalized spacial score (nSPS) is 10.0. The van der Waals surface area contributed by atoms with Crippen LogP contribution in [0.1, 0.15) is 11.3 Å². The van der Waals surface area contributed by atoms with Crippen LogP contribution >= 0.6 is 11.8 Å². The highest BCUT2D eigenvalue weighted by molar-refractivity contribution is 8.00. The molecule has 0 saturated carbocycles. The maximum Gasteiger partial charge on any atom is 0.323 e. The molecule has 0 atom stereocenters. The Bertz CT molecular complexity index is 748. The van der Waals surface area contributed by atoms with Gasteiger partial charge in [0.05, 0.1) is 22.3 Å². The number of thioether (sulfide) groups is 1. The summed E-state index contributed by atoms with van der Waals surface area (Å²) in [6, 6.07) is 8.38. The third-order valence-corrected chi connectivity index (χ3v) is 3.67. The second-order valence-corrected chi connectivity index (χ2v) is 5.25. The van der Waals surface area contributed by atoms with Crippen molar-refractivity contribution in [2.24, 2.45) is 0 Å². The van der Waals surface area contributed by atoms with Gasteiger partial charge in [-0.2, -0.15) is 10.4 Å². The Labute approximate surface area is 129 Å². The quantitative estimate of drug-likeness (QED) is 0.495. The van der Waals surface area contributed by atoms with Crippen molar-refractivity contribution < 1.29 is 9.72 Å². The SMILES string of the molecule is Cc1[nH]nc(SCC(=O)Nc2ccc(C#N)cc2)c1[N+](=O)[O-]. The molecular weight excluding hydrogens is 306 g/mol. The van der Waals surface area contributed by atoms with E-state index in [0.717, 1.165) is 11.8 Å². The van der Waals surface area contributed by atoms with E-state index in [1.807, 2.05) is 6.07 Å². The van der Waals surface area contributed by atoms with Crippen molar-refractivity contribution in [2.45, 2.75) is 11.9 Å². The van der Waals surface area contributed by atoms with Crippen molar-refractivity contribution in [3.8, 4) is 6.07 Å². The van der Waals surface area contributed by atoms with Gasteiger partial charge in [-0.3, -0.25) is 20.0 Å². The van der Waals surface area contributed by atoms with Crippen LogP contribution in [0.5, 0.6) is 0 Å². The van der Waals surface area contributed by atoms with Gasteiger partial charge in [0.2, 0.25) is 5.91 Å². The Morgan fingerprint density at radius 1 is 1.50 bits per heavy atom. The molecule has 0 aliphatic carbocycles. The second kappa shape index (κ2) is 6.73. The Morgan fingerprint density at radius 2 is 2.18 bits per heavy atom. The minimum Gasteiger partial charge on any atom is -0.325 e. The molecule has 112 valence electrons. The molecule has 0 spiro atoms. The van der Waals surface area contributed by atoms with Crippen LogP contribution in [-0.2, 0) is 4.79 Å². The van der Waals surface area contributed by atoms with E-state index in [1.54, 1.807) is 31.2 Å². The number of aromatic amines is 1. The van der Waals surface area contributed by atoms with Crippen LogP contribution in [0.2, 0.25) is 0 Å². The van der Waals surface area contributed by atoms with Crippen molar-refractivity contribution in [3.05, 3.63) is 45.6 Å². The lowest BCUT2D eigenvalue weighted by Crippen LogP contribution is -2.14. The van der Waals surface area contributed by atoms with Crippen molar-refractivity contribution in [1.29, 1.82) is 5.26 Å². The standard InChI is InChI=1S/C13H11N5O3S/c1-8-12(18(20)21)13(17-16-8)22-7-11(19)15-10-4-2-9(6-14)3-5-10/h2-5H,7H2,1H3,(H,15,19)(H,16,17). The first-order valence-corrected chi connectivity index (χ1v) is 7.12. The molecule has 0 fully saturated rings. The average molecular weight is 317 g/mol. The lowest BCUT2D eigenvalue weighted by atomic mass is 10.2. The maximum atomic E-state index is 11.8. The van der Waals surface area contributed by atoms with E-state index in [4.69, 9.17) is 5.26 Å². The van der Waals surface area contributed by atoms with Gasteiger partial charge >= 0.3 is 5.69 Å². The van der Waals surface area contributed by atoms with E-state index in [1.165, 1.54) is 0 Å². The summed E-state index contributed by atoms with van der Waals surface area (Å²) in [7, 11) is 0. The molecule has 1 aromatic carbocycles. The molecule has 2 N–H and O–H groups in total. The van der Waals surface area contributed by atoms with E-state index in [-0.39, 0.29) is 22.4 Å². The molecule has 0 saturated heterocycles. The number of nitro groups is 1. The van der Waals surface area contributed by atoms with Crippen LogP contribution in [0.15, 0.2) is 29.3 Å². The van der Waals surface area contributed by atoms with Crippen LogP contribution in [0, 0.1) is 28.4 Å². The number of benzene rings is 1. The van der Waals surface area contributed by atoms with Gasteiger partial charge < -0.3 is 5.32 Å². The number of H-pyrrole nitrogens is 1. The summed E-state index contributed by atoms with van der Waals surface area (Å²) in [6.07, 6.45) is 0. The number of anilines is 1. The molecule has 2 rings (SSSR count). The number of carbonyl (C=O) groups excluding carboxylic acids is 1. The molecule has 2 aromatic rings. The van der Waals surface area contributed by atoms with Crippen LogP contribution < -0.4 is 5.32 Å². The molecule has 1 amide bonds. The molecule has 1 aromatic heterocycles. The zero-order chi connectivity index (χ0) is 16.1. The lowest BCUT2D eigenvalue weighted by molar-refractivity contribution is -0.388. The van der Waals surface area contributed by atoms with E-state index in [0.29, 0.717) is 16.9 Å². The van der Waals surface area contributed by atoms with E-state index < -0.39 is 4.92 Å². The Balaban J connectivity index is 1.95. The zero-order valence-electron chi connectivity index (χ0n) is 11.5. The largest absolute Gasteiger partial charge is 0.325 e. The van der Waals surface area contributed by atoms with Gasteiger partial charge in [-0.05, 0) is 31.2 Å². The fourth-order valence-electron chi connectivity index (χ4n) is 1.68. The third-order valence-electron chi connectivity index (χ3n) is 2.70. The van der Waals surface area contributed by atoms with Crippen molar-refractivity contribution in [1.82, 2.24) is 10.2 Å². The number of nitrogens with zero attached hydrogens (tertiary/aromatic N) is 3. The minimum atomic E-state index is -0.528. The summed E-state index contributed by atoms with van der Waals surface area (Å²) in [5, 5.41) is 28.8. The van der Waals surface area contributed by atoms with Crippen LogP contribution in [-0.4, -0.2) is 26.8 Å². The van der Waals surface area contributed by atoms with E-state index >= 15 is 0 Å². The first kappa shape index (κ1) is 15.5. The molecule has 0 aliphatic heterocycles. The molecule has 0 unspecified atom stereocenters. The van der Waals surface area contributed by atoms with Gasteiger partial charge in [-0.25, -0.2) is 0 Å². The Morgan fingerprint density at radius 3 is 2.77 bits per heavy atom. The van der Waals surface area contributed by atoms with Crippen LogP contribution in [0.4, 0.5) is 11.4 Å². The van der Waals surface area contributed by atoms with Gasteiger partial charge in [-0.15, -0.1) is 0 Å². The molecule has 22 heavy (non-hydrogen) atoms. The number of hydrogen-bond donors (Lipinski definition) is 2. The van der Waals surface area contributed by atoms with Gasteiger partial charge in [-0.1, -0.05) is 11.8 Å². The predicted molar refractivity (Wildman–Crippen MR) is 80.5 cm³/mol. The highest BCUT2D eigenvalue weighted by Crippen LogP contribution is 2.29. The van der Waals surface area contributed by atoms with Crippen molar-refractivity contribution in [3.63, 3.8) is 0 Å². The summed E-state index contributed by atoms with van der Waals surface area (Å²) in [5.74, 6) is -0.324. The van der Waals surface area contributed by atoms with Gasteiger partial charge in [0.15, 0.2) is 5.03 Å². The topological polar surface area (TPSA) is 125 Å². The molecule has 1 heterocycles. The zero-order valence-corrected chi connectivity index (χ0v) is 12.3. The molecular formula is C13H11N5O3S. The van der Waals surface area contributed by atoms with Gasteiger partial charge in [0.1, 0.15) is 5.69 Å². The van der Waals surface area contributed by atoms with Crippen molar-refractivity contribution >= 4 is 29.0 Å². The number of aromatic nitrogens is 2. The third kappa shape index (κ3) is 3.62. The summed E-state index contributed by atoms with van der Waals surface area (Å²) in [4.78, 5) is 22.2. The number of amides is 1. The average Bonchev–Trinajstić information content (AvgIpc) is 2.87. The van der Waals surface area contributed by atoms with E-state index in [2.05, 4.69) is 15.5 Å². The second-order valence-electron chi connectivity index (χ2n) is 4.29. The lowest BCUT2D eigenvalue weighted by Gasteiger charge is -2.04. The van der Waals surface area contributed by atoms with E-state index in [9.17, 15) is 14.9 Å². The number of nitrogens with one attached hydrogen (secondary N) is 2. The monoisotopic (exact) mass is 317 g/mol. The minimum absolute atomic E-state index is 0.00879. The number of hydrogen-bond acceptors (Lipinski definition) is 6. The summed E-state index contributed by atoms with van der Waals surface area (Å²) in [5.41, 5.74) is 1.28. The molecule has 9 heteroatoms. The predicted octanol–water partition coefficient (Wildman–Crippen LogP) is 2.23. The fraction of sp³-hybridized carbons (Fsp3) is 0.154. The first-order valence-electron chi connectivity index (χ1n) is 6.13. The highest BCUT2D eigenvalue weighted by Gasteiger charge is 2.22. The summed E-state index contributed by atoms with van der Waals surface area (Å²) >= 11 is 0.983. The Kier molecular flexibility index (Phi) is 4.75.